The molecule has 0 unspecified atom stereocenters. The van der Waals surface area contributed by atoms with E-state index in [0.717, 1.165) is 11.6 Å². The van der Waals surface area contributed by atoms with Crippen LogP contribution in [0.5, 0.6) is 5.75 Å². The zero-order chi connectivity index (χ0) is 18.9. The third kappa shape index (κ3) is 5.90. The molecule has 2 aromatic rings. The van der Waals surface area contributed by atoms with E-state index in [1.54, 1.807) is 24.3 Å². The van der Waals surface area contributed by atoms with Crippen LogP contribution in [0.25, 0.3) is 0 Å². The zero-order valence-electron chi connectivity index (χ0n) is 14.6. The van der Waals surface area contributed by atoms with Crippen LogP contribution in [-0.4, -0.2) is 24.1 Å². The third-order valence-electron chi connectivity index (χ3n) is 3.56. The maximum atomic E-state index is 11.9. The van der Waals surface area contributed by atoms with Gasteiger partial charge in [0.2, 0.25) is 11.8 Å². The number of nitrogens with one attached hydrogen (secondary N) is 3. The number of ether oxygens (including phenoxy) is 1. The van der Waals surface area contributed by atoms with Crippen molar-refractivity contribution in [2.24, 2.45) is 5.73 Å². The topological polar surface area (TPSA) is 112 Å². The van der Waals surface area contributed by atoms with E-state index in [1.165, 1.54) is 5.56 Å². The lowest BCUT2D eigenvalue weighted by Crippen LogP contribution is -2.29. The van der Waals surface area contributed by atoms with Gasteiger partial charge in [-0.2, -0.15) is 0 Å². The molecule has 0 atom stereocenters. The highest BCUT2D eigenvalue weighted by atomic mass is 16.5. The fourth-order valence-electron chi connectivity index (χ4n) is 2.25. The van der Waals surface area contributed by atoms with Crippen molar-refractivity contribution >= 4 is 17.5 Å². The van der Waals surface area contributed by atoms with Crippen LogP contribution in [0.4, 0.5) is 0 Å². The Balaban J connectivity index is 1.84. The average Bonchev–Trinajstić information content (AvgIpc) is 2.62. The van der Waals surface area contributed by atoms with E-state index in [1.807, 2.05) is 31.2 Å². The molecule has 5 N–H and O–H groups in total. The van der Waals surface area contributed by atoms with Gasteiger partial charge in [-0.1, -0.05) is 48.0 Å². The largest absolute Gasteiger partial charge is 0.437 e. The molecule has 0 aliphatic rings. The van der Waals surface area contributed by atoms with Gasteiger partial charge in [0.05, 0.1) is 5.70 Å². The first kappa shape index (κ1) is 18.9. The molecule has 0 fully saturated rings. The molecular weight excluding hydrogens is 328 g/mol. The first-order valence-corrected chi connectivity index (χ1v) is 8.17. The molecule has 6 nitrogen and oxygen atoms in total. The molecule has 0 radical (unpaired) electrons. The number of nitrogens with two attached hydrogens (primary N) is 1. The Morgan fingerprint density at radius 1 is 1.15 bits per heavy atom. The van der Waals surface area contributed by atoms with Gasteiger partial charge < -0.3 is 15.8 Å². The number of para-hydroxylation sites is 1. The molecule has 2 aromatic carbocycles. The predicted molar refractivity (Wildman–Crippen MR) is 103 cm³/mol. The van der Waals surface area contributed by atoms with Gasteiger partial charge in [0.1, 0.15) is 11.5 Å². The Kier molecular flexibility index (Phi) is 6.68. The summed E-state index contributed by atoms with van der Waals surface area (Å²) in [6.45, 7) is 2.47. The molecule has 0 saturated carbocycles. The lowest BCUT2D eigenvalue weighted by Gasteiger charge is -2.08. The first-order chi connectivity index (χ1) is 12.5. The van der Waals surface area contributed by atoms with Gasteiger partial charge in [0.15, 0.2) is 0 Å². The van der Waals surface area contributed by atoms with E-state index in [4.69, 9.17) is 21.3 Å². The van der Waals surface area contributed by atoms with E-state index in [0.29, 0.717) is 18.7 Å². The Morgan fingerprint density at radius 2 is 1.88 bits per heavy atom. The highest BCUT2D eigenvalue weighted by molar-refractivity contribution is 6.43. The molecule has 0 aliphatic heterocycles. The summed E-state index contributed by atoms with van der Waals surface area (Å²) in [5, 5.41) is 18.4. The number of hydrogen-bond donors (Lipinski definition) is 4. The minimum Gasteiger partial charge on any atom is -0.437 e. The number of rotatable bonds is 7. The van der Waals surface area contributed by atoms with Gasteiger partial charge in [-0.15, -0.1) is 0 Å². The van der Waals surface area contributed by atoms with Gasteiger partial charge in [-0.05, 0) is 31.0 Å². The molecular formula is C20H22N4O2. The summed E-state index contributed by atoms with van der Waals surface area (Å²) in [6, 6.07) is 16.7. The minimum absolute atomic E-state index is 0.126. The SMILES string of the molecule is Cc1cccc(CCNC(=O)/C=C(/N)C(=N)C(=N)Oc2ccccc2)c1. The summed E-state index contributed by atoms with van der Waals surface area (Å²) < 4.78 is 5.24. The fraction of sp³-hybridized carbons (Fsp3) is 0.150. The Morgan fingerprint density at radius 3 is 2.58 bits per heavy atom. The van der Waals surface area contributed by atoms with Gasteiger partial charge >= 0.3 is 0 Å². The summed E-state index contributed by atoms with van der Waals surface area (Å²) in [7, 11) is 0. The Labute approximate surface area is 152 Å². The van der Waals surface area contributed by atoms with E-state index in [-0.39, 0.29) is 11.4 Å². The zero-order valence-corrected chi connectivity index (χ0v) is 14.6. The molecule has 1 amide bonds. The number of aryl methyl sites for hydroxylation is 1. The molecule has 0 aromatic heterocycles. The second-order valence-electron chi connectivity index (χ2n) is 5.75. The van der Waals surface area contributed by atoms with Gasteiger partial charge in [0, 0.05) is 12.6 Å². The van der Waals surface area contributed by atoms with Crippen molar-refractivity contribution in [3.05, 3.63) is 77.5 Å². The summed E-state index contributed by atoms with van der Waals surface area (Å²) >= 11 is 0. The van der Waals surface area contributed by atoms with Gasteiger partial charge in [-0.3, -0.25) is 15.6 Å². The monoisotopic (exact) mass is 350 g/mol. The van der Waals surface area contributed by atoms with Crippen molar-refractivity contribution in [3.63, 3.8) is 0 Å². The van der Waals surface area contributed by atoms with Crippen LogP contribution < -0.4 is 15.8 Å². The molecule has 26 heavy (non-hydrogen) atoms. The van der Waals surface area contributed by atoms with Crippen LogP contribution in [0.1, 0.15) is 11.1 Å². The quantitative estimate of drug-likeness (QED) is 0.350. The molecule has 0 spiro atoms. The van der Waals surface area contributed by atoms with Crippen molar-refractivity contribution in [2.75, 3.05) is 6.54 Å². The summed E-state index contributed by atoms with van der Waals surface area (Å²) in [5.41, 5.74) is 7.56. The van der Waals surface area contributed by atoms with Crippen molar-refractivity contribution in [3.8, 4) is 5.75 Å². The molecule has 0 bridgehead atoms. The second kappa shape index (κ2) is 9.17. The molecule has 0 heterocycles. The lowest BCUT2D eigenvalue weighted by molar-refractivity contribution is -0.116. The van der Waals surface area contributed by atoms with Crippen molar-refractivity contribution < 1.29 is 9.53 Å². The first-order valence-electron chi connectivity index (χ1n) is 8.17. The molecule has 0 aliphatic carbocycles. The highest BCUT2D eigenvalue weighted by Crippen LogP contribution is 2.09. The van der Waals surface area contributed by atoms with Crippen LogP contribution in [0.2, 0.25) is 0 Å². The van der Waals surface area contributed by atoms with E-state index >= 15 is 0 Å². The molecule has 134 valence electrons. The maximum absolute atomic E-state index is 11.9. The summed E-state index contributed by atoms with van der Waals surface area (Å²) in [6.07, 6.45) is 1.80. The summed E-state index contributed by atoms with van der Waals surface area (Å²) in [4.78, 5) is 11.9. The van der Waals surface area contributed by atoms with E-state index in [9.17, 15) is 4.79 Å². The minimum atomic E-state index is -0.419. The highest BCUT2D eigenvalue weighted by Gasteiger charge is 2.12. The Bertz CT molecular complexity index is 829. The normalized spacial score (nSPS) is 10.9. The summed E-state index contributed by atoms with van der Waals surface area (Å²) in [5.74, 6) is -0.400. The van der Waals surface area contributed by atoms with Crippen molar-refractivity contribution in [2.45, 2.75) is 13.3 Å². The number of carbonyl (C=O) groups excluding carboxylic acids is 1. The van der Waals surface area contributed by atoms with E-state index in [2.05, 4.69) is 11.4 Å². The van der Waals surface area contributed by atoms with Crippen molar-refractivity contribution in [1.82, 2.24) is 5.32 Å². The predicted octanol–water partition coefficient (Wildman–Crippen LogP) is 2.57. The second-order valence-corrected chi connectivity index (χ2v) is 5.75. The fourth-order valence-corrected chi connectivity index (χ4v) is 2.25. The van der Waals surface area contributed by atoms with Crippen LogP contribution in [0.3, 0.4) is 0 Å². The van der Waals surface area contributed by atoms with Crippen LogP contribution in [0.15, 0.2) is 66.4 Å². The van der Waals surface area contributed by atoms with Crippen LogP contribution >= 0.6 is 0 Å². The third-order valence-corrected chi connectivity index (χ3v) is 3.56. The average molecular weight is 350 g/mol. The molecule has 0 saturated heterocycles. The Hall–Kier alpha value is -3.41. The lowest BCUT2D eigenvalue weighted by atomic mass is 10.1. The van der Waals surface area contributed by atoms with Crippen molar-refractivity contribution in [1.29, 1.82) is 10.8 Å². The van der Waals surface area contributed by atoms with Crippen LogP contribution in [-0.2, 0) is 11.2 Å². The van der Waals surface area contributed by atoms with Gasteiger partial charge in [0.25, 0.3) is 0 Å². The number of carbonyl (C=O) groups is 1. The van der Waals surface area contributed by atoms with E-state index < -0.39 is 11.8 Å². The number of hydrogen-bond acceptors (Lipinski definition) is 5. The van der Waals surface area contributed by atoms with Crippen LogP contribution in [0, 0.1) is 17.7 Å². The number of amides is 1. The standard InChI is InChI=1S/C20H22N4O2/c1-14-6-5-7-15(12-14)10-11-24-18(25)13-17(21)19(22)20(23)26-16-8-3-2-4-9-16/h2-9,12-13,22-23H,10-11,21H2,1H3,(H,24,25)/b17-13+,22-19?,23-20?. The van der Waals surface area contributed by atoms with Gasteiger partial charge in [-0.25, -0.2) is 0 Å². The smallest absolute Gasteiger partial charge is 0.246 e. The maximum Gasteiger partial charge on any atom is 0.246 e. The number of benzene rings is 2. The molecule has 6 heteroatoms. The molecule has 2 rings (SSSR count).